The van der Waals surface area contributed by atoms with Crippen molar-refractivity contribution in [2.75, 3.05) is 29.6 Å². The first-order valence-electron chi connectivity index (χ1n) is 8.77. The zero-order valence-electron chi connectivity index (χ0n) is 17.3. The lowest BCUT2D eigenvalue weighted by atomic mass is 10.2. The van der Waals surface area contributed by atoms with Gasteiger partial charge in [-0.2, -0.15) is 50.5 Å². The van der Waals surface area contributed by atoms with Gasteiger partial charge in [-0.15, -0.1) is 0 Å². The van der Waals surface area contributed by atoms with Crippen LogP contribution in [0.15, 0.2) is 0 Å². The molecule has 0 aliphatic rings. The molecule has 0 aliphatic carbocycles. The van der Waals surface area contributed by atoms with Crippen LogP contribution in [0.2, 0.25) is 0 Å². The van der Waals surface area contributed by atoms with Crippen LogP contribution < -0.4 is 0 Å². The Balaban J connectivity index is -0.0000000868. The van der Waals surface area contributed by atoms with Gasteiger partial charge in [-0.1, -0.05) is 13.8 Å². The Hall–Kier alpha value is -0.760. The average molecular weight is 513 g/mol. The number of carbonyl (C=O) groups is 4. The van der Waals surface area contributed by atoms with Gasteiger partial charge in [-0.3, -0.25) is 19.2 Å². The second-order valence-electron chi connectivity index (χ2n) is 5.38. The van der Waals surface area contributed by atoms with Crippen molar-refractivity contribution in [3.63, 3.8) is 0 Å². The van der Waals surface area contributed by atoms with E-state index in [0.29, 0.717) is 35.5 Å². The van der Waals surface area contributed by atoms with E-state index in [1.54, 1.807) is 0 Å². The van der Waals surface area contributed by atoms with Gasteiger partial charge in [0, 0.05) is 29.6 Å². The number of hydrogen-bond acceptors (Lipinski definition) is 9. The van der Waals surface area contributed by atoms with Crippen LogP contribution in [0.1, 0.15) is 46.0 Å². The minimum Gasteiger partial charge on any atom is -0.481 e. The molecule has 5 N–H and O–H groups in total. The fourth-order valence-corrected chi connectivity index (χ4v) is 1.41. The number of thiol groups is 4. The smallest absolute Gasteiger partial charge is 0.304 e. The quantitative estimate of drug-likeness (QED) is 0.200. The van der Waals surface area contributed by atoms with Gasteiger partial charge in [0.1, 0.15) is 0 Å². The highest BCUT2D eigenvalue weighted by Gasteiger charge is 1.89. The minimum absolute atomic E-state index is 0.156. The van der Waals surface area contributed by atoms with Gasteiger partial charge in [0.2, 0.25) is 0 Å². The molecule has 0 aromatic carbocycles. The van der Waals surface area contributed by atoms with Crippen LogP contribution in [-0.4, -0.2) is 79.0 Å². The normalized spacial score (nSPS) is 8.53. The van der Waals surface area contributed by atoms with Crippen molar-refractivity contribution >= 4 is 74.4 Å². The van der Waals surface area contributed by atoms with Crippen LogP contribution in [0.25, 0.3) is 0 Å². The molecular formula is C17H36O9S4. The summed E-state index contributed by atoms with van der Waals surface area (Å²) in [6, 6.07) is 0. The molecule has 0 saturated heterocycles. The van der Waals surface area contributed by atoms with Gasteiger partial charge in [-0.05, 0) is 12.3 Å². The molecule has 9 nitrogen and oxygen atoms in total. The highest BCUT2D eigenvalue weighted by Crippen LogP contribution is 1.94. The summed E-state index contributed by atoms with van der Waals surface area (Å²) >= 11 is 14.7. The molecule has 13 heteroatoms. The van der Waals surface area contributed by atoms with Gasteiger partial charge in [0.15, 0.2) is 0 Å². The molecule has 182 valence electrons. The Morgan fingerprint density at radius 3 is 0.800 bits per heavy atom. The van der Waals surface area contributed by atoms with Gasteiger partial charge < -0.3 is 25.5 Å². The molecule has 0 aromatic heterocycles. The monoisotopic (exact) mass is 512 g/mol. The second kappa shape index (κ2) is 35.7. The standard InChI is InChI=1S/C5H12O.4C3H6O2S/c1-5(2)3-4-6;4*4-3(5)1-2-6/h5-6H,3-4H2,1-2H3;4*6H,1-2H2,(H,4,5). The van der Waals surface area contributed by atoms with E-state index in [1.807, 2.05) is 0 Å². The van der Waals surface area contributed by atoms with E-state index in [0.717, 1.165) is 6.42 Å². The Labute approximate surface area is 200 Å². The third-order valence-corrected chi connectivity index (χ3v) is 2.90. The highest BCUT2D eigenvalue weighted by molar-refractivity contribution is 7.80. The first-order chi connectivity index (χ1) is 13.9. The number of aliphatic hydroxyl groups is 1. The average Bonchev–Trinajstić information content (AvgIpc) is 2.56. The summed E-state index contributed by atoms with van der Waals surface area (Å²) < 4.78 is 0. The largest absolute Gasteiger partial charge is 0.481 e. The molecule has 30 heavy (non-hydrogen) atoms. The third kappa shape index (κ3) is 92.5. The van der Waals surface area contributed by atoms with E-state index < -0.39 is 23.9 Å². The van der Waals surface area contributed by atoms with Crippen molar-refractivity contribution in [1.29, 1.82) is 0 Å². The van der Waals surface area contributed by atoms with Crippen LogP contribution in [0.5, 0.6) is 0 Å². The van der Waals surface area contributed by atoms with Crippen LogP contribution in [0.3, 0.4) is 0 Å². The van der Waals surface area contributed by atoms with Crippen LogP contribution in [0.4, 0.5) is 0 Å². The third-order valence-electron chi connectivity index (χ3n) is 2.01. The molecule has 0 radical (unpaired) electrons. The van der Waals surface area contributed by atoms with E-state index in [9.17, 15) is 19.2 Å². The van der Waals surface area contributed by atoms with Crippen LogP contribution in [0, 0.1) is 5.92 Å². The van der Waals surface area contributed by atoms with E-state index in [2.05, 4.69) is 64.4 Å². The van der Waals surface area contributed by atoms with Crippen molar-refractivity contribution in [3.05, 3.63) is 0 Å². The van der Waals surface area contributed by atoms with E-state index >= 15 is 0 Å². The van der Waals surface area contributed by atoms with Crippen molar-refractivity contribution in [1.82, 2.24) is 0 Å². The SMILES string of the molecule is CC(C)CCO.O=C(O)CCS.O=C(O)CCS.O=C(O)CCS.O=C(O)CCS. The Morgan fingerprint density at radius 1 is 0.600 bits per heavy atom. The number of carboxylic acids is 4. The van der Waals surface area contributed by atoms with Crippen molar-refractivity contribution in [3.8, 4) is 0 Å². The van der Waals surface area contributed by atoms with Crippen LogP contribution in [-0.2, 0) is 19.2 Å². The summed E-state index contributed by atoms with van der Waals surface area (Å²) in [7, 11) is 0. The number of aliphatic carboxylic acids is 4. The zero-order valence-corrected chi connectivity index (χ0v) is 20.9. The van der Waals surface area contributed by atoms with E-state index in [-0.39, 0.29) is 25.7 Å². The first-order valence-corrected chi connectivity index (χ1v) is 11.3. The topological polar surface area (TPSA) is 169 Å². The number of aliphatic hydroxyl groups excluding tert-OH is 1. The molecule has 0 spiro atoms. The second-order valence-corrected chi connectivity index (χ2v) is 7.16. The Kier molecular flexibility index (Phi) is 47.2. The fourth-order valence-electron chi connectivity index (χ4n) is 0.641. The van der Waals surface area contributed by atoms with Gasteiger partial charge in [0.05, 0.1) is 25.7 Å². The van der Waals surface area contributed by atoms with E-state index in [4.69, 9.17) is 25.5 Å². The molecule has 0 atom stereocenters. The molecule has 0 rings (SSSR count). The minimum atomic E-state index is -0.787. The lowest BCUT2D eigenvalue weighted by molar-refractivity contribution is -0.137. The van der Waals surface area contributed by atoms with Crippen molar-refractivity contribution < 1.29 is 44.7 Å². The fraction of sp³-hybridized carbons (Fsp3) is 0.765. The predicted molar refractivity (Wildman–Crippen MR) is 131 cm³/mol. The molecule has 0 heterocycles. The lowest BCUT2D eigenvalue weighted by Gasteiger charge is -1.95. The van der Waals surface area contributed by atoms with Gasteiger partial charge in [0.25, 0.3) is 0 Å². The predicted octanol–water partition coefficient (Wildman–Crippen LogP) is 2.59. The highest BCUT2D eigenvalue weighted by atomic mass is 32.1. The van der Waals surface area contributed by atoms with E-state index in [1.165, 1.54) is 0 Å². The summed E-state index contributed by atoms with van der Waals surface area (Å²) in [4.78, 5) is 38.2. The molecule has 0 bridgehead atoms. The summed E-state index contributed by atoms with van der Waals surface area (Å²) in [5, 5.41) is 39.7. The number of hydrogen-bond donors (Lipinski definition) is 9. The molecule has 0 saturated carbocycles. The van der Waals surface area contributed by atoms with Gasteiger partial charge in [-0.25, -0.2) is 0 Å². The molecule has 0 aliphatic heterocycles. The molecule has 0 fully saturated rings. The summed E-state index contributed by atoms with van der Waals surface area (Å²) in [6.07, 6.45) is 1.55. The lowest BCUT2D eigenvalue weighted by Crippen LogP contribution is -1.93. The maximum absolute atomic E-state index is 9.55. The summed E-state index contributed by atoms with van der Waals surface area (Å²) in [5.74, 6) is -0.796. The zero-order chi connectivity index (χ0) is 25.0. The maximum atomic E-state index is 9.55. The molecule has 0 aromatic rings. The first kappa shape index (κ1) is 39.7. The number of rotatable bonds is 10. The molecule has 0 unspecified atom stereocenters. The Morgan fingerprint density at radius 2 is 0.800 bits per heavy atom. The van der Waals surface area contributed by atoms with Crippen molar-refractivity contribution in [2.24, 2.45) is 5.92 Å². The van der Waals surface area contributed by atoms with Crippen molar-refractivity contribution in [2.45, 2.75) is 46.0 Å². The Bertz CT molecular complexity index is 345. The number of carboxylic acid groups (broad SMARTS) is 4. The van der Waals surface area contributed by atoms with Gasteiger partial charge >= 0.3 is 23.9 Å². The summed E-state index contributed by atoms with van der Waals surface area (Å²) in [6.45, 7) is 4.52. The summed E-state index contributed by atoms with van der Waals surface area (Å²) in [5.41, 5.74) is 0. The maximum Gasteiger partial charge on any atom is 0.304 e. The molecule has 0 amide bonds. The van der Waals surface area contributed by atoms with Crippen LogP contribution >= 0.6 is 50.5 Å². The molecular weight excluding hydrogens is 476 g/mol.